The molecule has 0 aromatic rings. The average Bonchev–Trinajstić information content (AvgIpc) is 1.89. The van der Waals surface area contributed by atoms with Gasteiger partial charge in [0.1, 0.15) is 0 Å². The minimum Gasteiger partial charge on any atom is -0.380 e. The van der Waals surface area contributed by atoms with Crippen molar-refractivity contribution in [2.45, 2.75) is 18.6 Å². The molecule has 1 N–H and O–H groups in total. The van der Waals surface area contributed by atoms with Gasteiger partial charge in [0.25, 0.3) is 0 Å². The van der Waals surface area contributed by atoms with Crippen LogP contribution < -0.4 is 5.32 Å². The number of hydrogen-bond acceptors (Lipinski definition) is 3. The Balaban J connectivity index is 1.83. The fraction of sp³-hybridized carbons (Fsp3) is 1.00. The second kappa shape index (κ2) is 2.86. The third kappa shape index (κ3) is 1.17. The van der Waals surface area contributed by atoms with Crippen molar-refractivity contribution < 1.29 is 9.47 Å². The van der Waals surface area contributed by atoms with Crippen molar-refractivity contribution in [3.8, 4) is 0 Å². The molecule has 0 radical (unpaired) electrons. The molecule has 0 aliphatic carbocycles. The van der Waals surface area contributed by atoms with Crippen LogP contribution in [-0.2, 0) is 9.47 Å². The van der Waals surface area contributed by atoms with Crippen LogP contribution in [0.15, 0.2) is 0 Å². The summed E-state index contributed by atoms with van der Waals surface area (Å²) >= 11 is 0. The standard InChI is InChI=1S/C7H13NO2/c1-2-9-5-6-7(4-8-6)10-3-1/h6-8H,1-5H2. The van der Waals surface area contributed by atoms with Gasteiger partial charge >= 0.3 is 0 Å². The number of fused-ring (bicyclic) bond motifs is 1. The van der Waals surface area contributed by atoms with E-state index in [4.69, 9.17) is 9.47 Å². The first-order valence-corrected chi connectivity index (χ1v) is 3.89. The van der Waals surface area contributed by atoms with E-state index in [1.807, 2.05) is 0 Å². The van der Waals surface area contributed by atoms with Gasteiger partial charge < -0.3 is 14.8 Å². The van der Waals surface area contributed by atoms with Crippen LogP contribution in [0.3, 0.4) is 0 Å². The van der Waals surface area contributed by atoms with Crippen molar-refractivity contribution in [2.75, 3.05) is 26.4 Å². The van der Waals surface area contributed by atoms with E-state index >= 15 is 0 Å². The molecule has 0 aromatic heterocycles. The van der Waals surface area contributed by atoms with E-state index in [9.17, 15) is 0 Å². The third-order valence-corrected chi connectivity index (χ3v) is 2.09. The second-order valence-electron chi connectivity index (χ2n) is 2.85. The normalized spacial score (nSPS) is 40.8. The highest BCUT2D eigenvalue weighted by atomic mass is 16.5. The van der Waals surface area contributed by atoms with Gasteiger partial charge in [0.05, 0.1) is 18.8 Å². The molecule has 3 heteroatoms. The molecular formula is C7H13NO2. The van der Waals surface area contributed by atoms with Gasteiger partial charge in [-0.3, -0.25) is 0 Å². The molecule has 0 bridgehead atoms. The highest BCUT2D eigenvalue weighted by molar-refractivity contribution is 4.89. The molecule has 2 unspecified atom stereocenters. The Morgan fingerprint density at radius 3 is 3.10 bits per heavy atom. The molecule has 2 saturated heterocycles. The molecule has 0 spiro atoms. The highest BCUT2D eigenvalue weighted by Crippen LogP contribution is 2.11. The summed E-state index contributed by atoms with van der Waals surface area (Å²) in [5.41, 5.74) is 0. The van der Waals surface area contributed by atoms with Crippen molar-refractivity contribution >= 4 is 0 Å². The van der Waals surface area contributed by atoms with Crippen LogP contribution in [0.25, 0.3) is 0 Å². The lowest BCUT2D eigenvalue weighted by Crippen LogP contribution is -2.61. The molecule has 58 valence electrons. The highest BCUT2D eigenvalue weighted by Gasteiger charge is 2.31. The van der Waals surface area contributed by atoms with E-state index in [2.05, 4.69) is 5.32 Å². The molecule has 0 saturated carbocycles. The first-order valence-electron chi connectivity index (χ1n) is 3.89. The molecule has 0 aromatic carbocycles. The monoisotopic (exact) mass is 143 g/mol. The number of ether oxygens (including phenoxy) is 2. The summed E-state index contributed by atoms with van der Waals surface area (Å²) in [6.07, 6.45) is 1.48. The first kappa shape index (κ1) is 6.58. The average molecular weight is 143 g/mol. The number of nitrogens with one attached hydrogen (secondary N) is 1. The van der Waals surface area contributed by atoms with E-state index in [1.165, 1.54) is 0 Å². The van der Waals surface area contributed by atoms with Gasteiger partial charge in [-0.25, -0.2) is 0 Å². The zero-order chi connectivity index (χ0) is 6.81. The molecule has 2 heterocycles. The number of rotatable bonds is 0. The predicted octanol–water partition coefficient (Wildman–Crippen LogP) is -0.236. The van der Waals surface area contributed by atoms with Crippen molar-refractivity contribution in [3.05, 3.63) is 0 Å². The summed E-state index contributed by atoms with van der Waals surface area (Å²) in [7, 11) is 0. The van der Waals surface area contributed by atoms with Crippen LogP contribution in [0.2, 0.25) is 0 Å². The van der Waals surface area contributed by atoms with Crippen LogP contribution in [-0.4, -0.2) is 38.5 Å². The smallest absolute Gasteiger partial charge is 0.0874 e. The summed E-state index contributed by atoms with van der Waals surface area (Å²) in [4.78, 5) is 0. The summed E-state index contributed by atoms with van der Waals surface area (Å²) in [6.45, 7) is 3.55. The SMILES string of the molecule is C1COCC2NCC2OC1. The van der Waals surface area contributed by atoms with Crippen LogP contribution >= 0.6 is 0 Å². The minimum absolute atomic E-state index is 0.431. The van der Waals surface area contributed by atoms with E-state index in [-0.39, 0.29) is 0 Å². The summed E-state index contributed by atoms with van der Waals surface area (Å²) in [5, 5.41) is 3.27. The fourth-order valence-electron chi connectivity index (χ4n) is 1.33. The topological polar surface area (TPSA) is 30.5 Å². The largest absolute Gasteiger partial charge is 0.380 e. The maximum atomic E-state index is 5.54. The zero-order valence-electron chi connectivity index (χ0n) is 6.01. The zero-order valence-corrected chi connectivity index (χ0v) is 6.01. The number of hydrogen-bond donors (Lipinski definition) is 1. The lowest BCUT2D eigenvalue weighted by Gasteiger charge is -2.38. The quantitative estimate of drug-likeness (QED) is 0.508. The lowest BCUT2D eigenvalue weighted by molar-refractivity contribution is -0.0738. The van der Waals surface area contributed by atoms with E-state index < -0.39 is 0 Å². The Kier molecular flexibility index (Phi) is 1.88. The molecule has 2 atom stereocenters. The van der Waals surface area contributed by atoms with E-state index in [0.29, 0.717) is 12.1 Å². The van der Waals surface area contributed by atoms with Crippen molar-refractivity contribution in [1.82, 2.24) is 5.32 Å². The molecular weight excluding hydrogens is 130 g/mol. The molecule has 2 aliphatic rings. The fourth-order valence-corrected chi connectivity index (χ4v) is 1.33. The third-order valence-electron chi connectivity index (χ3n) is 2.09. The second-order valence-corrected chi connectivity index (χ2v) is 2.85. The predicted molar refractivity (Wildman–Crippen MR) is 37.0 cm³/mol. The molecule has 2 aliphatic heterocycles. The van der Waals surface area contributed by atoms with Crippen LogP contribution in [0.1, 0.15) is 6.42 Å². The Bertz CT molecular complexity index is 104. The van der Waals surface area contributed by atoms with Crippen molar-refractivity contribution in [1.29, 1.82) is 0 Å². The van der Waals surface area contributed by atoms with E-state index in [1.54, 1.807) is 0 Å². The van der Waals surface area contributed by atoms with Crippen LogP contribution in [0, 0.1) is 0 Å². The Morgan fingerprint density at radius 1 is 1.30 bits per heavy atom. The minimum atomic E-state index is 0.431. The maximum Gasteiger partial charge on any atom is 0.0874 e. The molecule has 3 nitrogen and oxygen atoms in total. The Labute approximate surface area is 60.7 Å². The summed E-state index contributed by atoms with van der Waals surface area (Å²) in [5.74, 6) is 0. The van der Waals surface area contributed by atoms with Crippen LogP contribution in [0.4, 0.5) is 0 Å². The van der Waals surface area contributed by atoms with Gasteiger partial charge in [-0.1, -0.05) is 0 Å². The Morgan fingerprint density at radius 2 is 2.30 bits per heavy atom. The van der Waals surface area contributed by atoms with Gasteiger partial charge in [0, 0.05) is 19.8 Å². The van der Waals surface area contributed by atoms with Gasteiger partial charge in [0.2, 0.25) is 0 Å². The van der Waals surface area contributed by atoms with Gasteiger partial charge in [-0.2, -0.15) is 0 Å². The van der Waals surface area contributed by atoms with Crippen molar-refractivity contribution in [2.24, 2.45) is 0 Å². The van der Waals surface area contributed by atoms with Gasteiger partial charge in [-0.05, 0) is 6.42 Å². The first-order chi connectivity index (χ1) is 4.97. The van der Waals surface area contributed by atoms with Gasteiger partial charge in [0.15, 0.2) is 0 Å². The maximum absolute atomic E-state index is 5.54. The molecule has 2 fully saturated rings. The summed E-state index contributed by atoms with van der Waals surface area (Å²) < 4.78 is 10.9. The van der Waals surface area contributed by atoms with Crippen molar-refractivity contribution in [3.63, 3.8) is 0 Å². The summed E-state index contributed by atoms with van der Waals surface area (Å²) in [6, 6.07) is 0.472. The Hall–Kier alpha value is -0.120. The molecule has 2 rings (SSSR count). The van der Waals surface area contributed by atoms with E-state index in [0.717, 1.165) is 32.8 Å². The van der Waals surface area contributed by atoms with Gasteiger partial charge in [-0.15, -0.1) is 0 Å². The lowest BCUT2D eigenvalue weighted by atomic mass is 10.0. The molecule has 0 amide bonds. The molecule has 10 heavy (non-hydrogen) atoms. The van der Waals surface area contributed by atoms with Crippen LogP contribution in [0.5, 0.6) is 0 Å².